The lowest BCUT2D eigenvalue weighted by Gasteiger charge is -2.15. The van der Waals surface area contributed by atoms with Crippen LogP contribution in [0.5, 0.6) is 0 Å². The molecule has 0 rings (SSSR count). The van der Waals surface area contributed by atoms with Crippen LogP contribution < -0.4 is 0 Å². The highest BCUT2D eigenvalue weighted by Crippen LogP contribution is 2.16. The van der Waals surface area contributed by atoms with Gasteiger partial charge in [-0.2, -0.15) is 0 Å². The zero-order valence-corrected chi connectivity index (χ0v) is 48.6. The largest absolute Gasteiger partial charge is 0.462 e. The van der Waals surface area contributed by atoms with Gasteiger partial charge in [-0.15, -0.1) is 0 Å². The Morgan fingerprint density at radius 2 is 0.581 bits per heavy atom. The van der Waals surface area contributed by atoms with E-state index >= 15 is 0 Å². The fourth-order valence-electron chi connectivity index (χ4n) is 8.86. The van der Waals surface area contributed by atoms with Crippen molar-refractivity contribution < 1.29 is 24.2 Å². The molecule has 74 heavy (non-hydrogen) atoms. The molecule has 0 aliphatic heterocycles. The van der Waals surface area contributed by atoms with Crippen LogP contribution in [0, 0.1) is 0 Å². The van der Waals surface area contributed by atoms with E-state index in [1.165, 1.54) is 180 Å². The van der Waals surface area contributed by atoms with E-state index in [2.05, 4.69) is 123 Å². The number of allylic oxidation sites excluding steroid dienone is 18. The summed E-state index contributed by atoms with van der Waals surface area (Å²) < 4.78 is 10.7. The molecule has 424 valence electrons. The van der Waals surface area contributed by atoms with Gasteiger partial charge in [-0.25, -0.2) is 0 Å². The Hall–Kier alpha value is -3.44. The molecule has 0 aromatic heterocycles. The number of unbranched alkanes of at least 4 members (excludes halogenated alkanes) is 31. The van der Waals surface area contributed by atoms with Crippen LogP contribution in [0.15, 0.2) is 109 Å². The van der Waals surface area contributed by atoms with Crippen molar-refractivity contribution in [2.45, 2.75) is 302 Å². The Kier molecular flexibility index (Phi) is 60.9. The molecule has 0 bridgehead atoms. The van der Waals surface area contributed by atoms with Crippen molar-refractivity contribution >= 4 is 11.9 Å². The van der Waals surface area contributed by atoms with Crippen LogP contribution in [0.25, 0.3) is 0 Å². The SMILES string of the molecule is CC/C=C\C/C=C\C/C=C\C/C=C\C/C=C\C/C=C\CCCCCCCCCCCCCCCCC(=O)OC(CO)COC(=O)CCCCCCCCCCCCCC/C=C\C/C=C\C/C=C\CCCCCCC. The molecule has 0 aromatic carbocycles. The van der Waals surface area contributed by atoms with Crippen molar-refractivity contribution in [1.82, 2.24) is 0 Å². The molecule has 1 atom stereocenters. The van der Waals surface area contributed by atoms with Gasteiger partial charge in [-0.3, -0.25) is 9.59 Å². The lowest BCUT2D eigenvalue weighted by Crippen LogP contribution is -2.28. The average Bonchev–Trinajstić information content (AvgIpc) is 3.40. The Labute approximate surface area is 459 Å². The van der Waals surface area contributed by atoms with Gasteiger partial charge < -0.3 is 14.6 Å². The summed E-state index contributed by atoms with van der Waals surface area (Å²) in [6, 6.07) is 0. The number of esters is 2. The van der Waals surface area contributed by atoms with Gasteiger partial charge in [0.2, 0.25) is 0 Å². The summed E-state index contributed by atoms with van der Waals surface area (Å²) in [5.74, 6) is -0.589. The van der Waals surface area contributed by atoms with Crippen LogP contribution in [0.4, 0.5) is 0 Å². The topological polar surface area (TPSA) is 72.8 Å². The first-order valence-electron chi connectivity index (χ1n) is 31.4. The first kappa shape index (κ1) is 70.6. The minimum Gasteiger partial charge on any atom is -0.462 e. The summed E-state index contributed by atoms with van der Waals surface area (Å²) in [5.41, 5.74) is 0. The van der Waals surface area contributed by atoms with E-state index in [0.717, 1.165) is 89.9 Å². The van der Waals surface area contributed by atoms with Gasteiger partial charge in [0, 0.05) is 12.8 Å². The minimum atomic E-state index is -0.780. The quantitative estimate of drug-likeness (QED) is 0.0373. The number of hydrogen-bond acceptors (Lipinski definition) is 5. The van der Waals surface area contributed by atoms with Gasteiger partial charge in [-0.1, -0.05) is 290 Å². The molecule has 0 saturated heterocycles. The molecule has 0 amide bonds. The number of hydrogen-bond donors (Lipinski definition) is 1. The molecular weight excluding hydrogens is 909 g/mol. The summed E-state index contributed by atoms with van der Waals surface area (Å²) in [6.45, 7) is 4.03. The molecule has 0 fully saturated rings. The first-order chi connectivity index (χ1) is 36.6. The summed E-state index contributed by atoms with van der Waals surface area (Å²) in [4.78, 5) is 24.6. The molecule has 0 heterocycles. The first-order valence-corrected chi connectivity index (χ1v) is 31.4. The fraction of sp³-hybridized carbons (Fsp3) is 0.710. The third-order valence-electron chi connectivity index (χ3n) is 13.6. The number of carbonyl (C=O) groups is 2. The van der Waals surface area contributed by atoms with Gasteiger partial charge in [-0.05, 0) is 103 Å². The van der Waals surface area contributed by atoms with Crippen LogP contribution in [-0.2, 0) is 19.1 Å². The summed E-state index contributed by atoms with van der Waals surface area (Å²) in [6.07, 6.45) is 92.2. The maximum absolute atomic E-state index is 12.3. The maximum atomic E-state index is 12.3. The summed E-state index contributed by atoms with van der Waals surface area (Å²) >= 11 is 0. The van der Waals surface area contributed by atoms with Crippen molar-refractivity contribution in [1.29, 1.82) is 0 Å². The lowest BCUT2D eigenvalue weighted by molar-refractivity contribution is -0.161. The standard InChI is InChI=1S/C69H118O5/c1-3-5-7-9-11-13-15-17-19-21-23-25-27-29-31-32-33-34-35-36-38-40-42-44-46-48-50-52-54-56-58-60-62-64-69(72)74-67(65-70)66-73-68(71)63-61-59-57-55-53-51-49-47-45-43-41-39-37-30-28-26-24-22-20-18-16-14-12-10-8-6-4-2/h5,7,11,13,16-19,22-25,28-31,33-34,67,70H,3-4,6,8-10,12,14-15,20-21,26-27,32,35-66H2,1-2H3/b7-5-,13-11-,18-16-,19-17-,24-22-,25-23-,30-28-,31-29-,34-33-. The van der Waals surface area contributed by atoms with Crippen LogP contribution in [0.3, 0.4) is 0 Å². The van der Waals surface area contributed by atoms with E-state index in [0.29, 0.717) is 12.8 Å². The van der Waals surface area contributed by atoms with Crippen LogP contribution in [0.1, 0.15) is 296 Å². The second-order valence-electron chi connectivity index (χ2n) is 20.8. The number of carbonyl (C=O) groups excluding carboxylic acids is 2. The monoisotopic (exact) mass is 1030 g/mol. The van der Waals surface area contributed by atoms with Crippen LogP contribution >= 0.6 is 0 Å². The minimum absolute atomic E-state index is 0.0699. The van der Waals surface area contributed by atoms with Crippen molar-refractivity contribution in [3.63, 3.8) is 0 Å². The Morgan fingerprint density at radius 3 is 0.878 bits per heavy atom. The molecule has 5 heteroatoms. The number of ether oxygens (including phenoxy) is 2. The van der Waals surface area contributed by atoms with E-state index < -0.39 is 6.10 Å². The van der Waals surface area contributed by atoms with E-state index in [-0.39, 0.29) is 25.2 Å². The maximum Gasteiger partial charge on any atom is 0.306 e. The number of aliphatic hydroxyl groups is 1. The molecule has 0 aromatic rings. The van der Waals surface area contributed by atoms with E-state index in [9.17, 15) is 14.7 Å². The predicted molar refractivity (Wildman–Crippen MR) is 325 cm³/mol. The van der Waals surface area contributed by atoms with Gasteiger partial charge in [0.15, 0.2) is 6.10 Å². The van der Waals surface area contributed by atoms with E-state index in [1.54, 1.807) is 0 Å². The third-order valence-corrected chi connectivity index (χ3v) is 13.6. The van der Waals surface area contributed by atoms with E-state index in [1.807, 2.05) is 0 Å². The van der Waals surface area contributed by atoms with Crippen molar-refractivity contribution in [3.05, 3.63) is 109 Å². The number of aliphatic hydroxyl groups excluding tert-OH is 1. The second-order valence-corrected chi connectivity index (χ2v) is 20.8. The highest BCUT2D eigenvalue weighted by molar-refractivity contribution is 5.70. The molecule has 0 saturated carbocycles. The molecule has 0 aliphatic rings. The number of rotatable bonds is 57. The fourth-order valence-corrected chi connectivity index (χ4v) is 8.86. The molecule has 0 aliphatic carbocycles. The molecule has 5 nitrogen and oxygen atoms in total. The van der Waals surface area contributed by atoms with Crippen LogP contribution in [-0.4, -0.2) is 36.4 Å². The smallest absolute Gasteiger partial charge is 0.306 e. The van der Waals surface area contributed by atoms with Gasteiger partial charge >= 0.3 is 11.9 Å². The van der Waals surface area contributed by atoms with Gasteiger partial charge in [0.1, 0.15) is 6.61 Å². The van der Waals surface area contributed by atoms with E-state index in [4.69, 9.17) is 9.47 Å². The van der Waals surface area contributed by atoms with Gasteiger partial charge in [0.05, 0.1) is 6.61 Å². The summed E-state index contributed by atoms with van der Waals surface area (Å²) in [5, 5.41) is 9.68. The summed E-state index contributed by atoms with van der Waals surface area (Å²) in [7, 11) is 0. The Morgan fingerprint density at radius 1 is 0.324 bits per heavy atom. The molecule has 1 N–H and O–H groups in total. The Bertz CT molecular complexity index is 1440. The van der Waals surface area contributed by atoms with Crippen LogP contribution in [0.2, 0.25) is 0 Å². The molecule has 1 unspecified atom stereocenters. The second kappa shape index (κ2) is 63.8. The zero-order chi connectivity index (χ0) is 53.4. The third kappa shape index (κ3) is 61.1. The average molecular weight is 1030 g/mol. The van der Waals surface area contributed by atoms with Crippen molar-refractivity contribution in [2.75, 3.05) is 13.2 Å². The van der Waals surface area contributed by atoms with Crippen molar-refractivity contribution in [2.24, 2.45) is 0 Å². The molecular formula is C69H118O5. The zero-order valence-electron chi connectivity index (χ0n) is 48.6. The Balaban J connectivity index is 3.50. The lowest BCUT2D eigenvalue weighted by atomic mass is 10.0. The van der Waals surface area contributed by atoms with Gasteiger partial charge in [0.25, 0.3) is 0 Å². The predicted octanol–water partition coefficient (Wildman–Crippen LogP) is 21.6. The molecule has 0 spiro atoms. The molecule has 0 radical (unpaired) electrons. The normalized spacial score (nSPS) is 13.0. The highest BCUT2D eigenvalue weighted by Gasteiger charge is 2.16. The highest BCUT2D eigenvalue weighted by atomic mass is 16.6. The van der Waals surface area contributed by atoms with Crippen molar-refractivity contribution in [3.8, 4) is 0 Å².